The van der Waals surface area contributed by atoms with E-state index in [1.807, 2.05) is 23.6 Å². The highest BCUT2D eigenvalue weighted by Crippen LogP contribution is 2.33. The Morgan fingerprint density at radius 2 is 2.10 bits per heavy atom. The summed E-state index contributed by atoms with van der Waals surface area (Å²) < 4.78 is 0. The van der Waals surface area contributed by atoms with Crippen molar-refractivity contribution >= 4 is 23.3 Å². The second kappa shape index (κ2) is 5.28. The summed E-state index contributed by atoms with van der Waals surface area (Å²) in [7, 11) is 0. The van der Waals surface area contributed by atoms with Gasteiger partial charge in [-0.3, -0.25) is 0 Å². The lowest BCUT2D eigenvalue weighted by atomic mass is 10.0. The van der Waals surface area contributed by atoms with Crippen LogP contribution in [0.2, 0.25) is 0 Å². The zero-order valence-corrected chi connectivity index (χ0v) is 11.7. The van der Waals surface area contributed by atoms with Crippen LogP contribution in [0.1, 0.15) is 29.3 Å². The van der Waals surface area contributed by atoms with E-state index in [-0.39, 0.29) is 12.1 Å². The summed E-state index contributed by atoms with van der Waals surface area (Å²) in [6.07, 6.45) is 6.44. The van der Waals surface area contributed by atoms with Crippen molar-refractivity contribution in [3.05, 3.63) is 34.0 Å². The third-order valence-corrected chi connectivity index (χ3v) is 4.79. The molecule has 106 valence electrons. The fourth-order valence-electron chi connectivity index (χ4n) is 2.79. The number of aliphatic carboxylic acids is 1. The molecular weight excluding hydrogens is 276 g/mol. The second-order valence-electron chi connectivity index (χ2n) is 5.07. The van der Waals surface area contributed by atoms with Crippen molar-refractivity contribution < 1.29 is 14.7 Å². The Bertz CT molecular complexity index is 559. The van der Waals surface area contributed by atoms with Crippen LogP contribution in [0.25, 0.3) is 0 Å². The maximum Gasteiger partial charge on any atom is 0.331 e. The minimum atomic E-state index is -0.968. The Morgan fingerprint density at radius 3 is 2.80 bits per heavy atom. The number of nitrogens with one attached hydrogen (secondary N) is 1. The highest BCUT2D eigenvalue weighted by atomic mass is 32.1. The molecule has 2 amide bonds. The molecule has 5 nitrogen and oxygen atoms in total. The Labute approximate surface area is 120 Å². The maximum atomic E-state index is 12.3. The predicted octanol–water partition coefficient (Wildman–Crippen LogP) is 2.16. The van der Waals surface area contributed by atoms with Crippen molar-refractivity contribution in [2.75, 3.05) is 6.54 Å². The molecule has 6 heteroatoms. The molecular formula is C14H16N2O3S. The number of carbonyl (C=O) groups is 2. The van der Waals surface area contributed by atoms with Crippen LogP contribution in [0.3, 0.4) is 0 Å². The molecule has 3 rings (SSSR count). The number of rotatable bonds is 2. The molecule has 0 saturated carbocycles. The van der Waals surface area contributed by atoms with Gasteiger partial charge in [0.25, 0.3) is 0 Å². The summed E-state index contributed by atoms with van der Waals surface area (Å²) in [6.45, 7) is 0.455. The number of nitrogens with zero attached hydrogens (tertiary/aromatic N) is 1. The standard InChI is InChI=1S/C14H16N2O3S/c17-13(18)12-10-6-8-20-11(10)5-7-16(12)14(19)15-9-3-1-2-4-9/h1-2,6,8-9,12H,3-5,7H2,(H,15,19)(H,17,18). The molecule has 1 unspecified atom stereocenters. The summed E-state index contributed by atoms with van der Waals surface area (Å²) in [5.41, 5.74) is 0.758. The molecule has 2 N–H and O–H groups in total. The van der Waals surface area contributed by atoms with Crippen molar-refractivity contribution in [3.8, 4) is 0 Å². The van der Waals surface area contributed by atoms with Gasteiger partial charge in [-0.2, -0.15) is 0 Å². The van der Waals surface area contributed by atoms with Crippen molar-refractivity contribution in [1.29, 1.82) is 0 Å². The third-order valence-electron chi connectivity index (χ3n) is 3.80. The Kier molecular flexibility index (Phi) is 3.48. The van der Waals surface area contributed by atoms with E-state index in [1.54, 1.807) is 11.3 Å². The van der Waals surface area contributed by atoms with Gasteiger partial charge >= 0.3 is 12.0 Å². The van der Waals surface area contributed by atoms with Crippen molar-refractivity contribution in [2.45, 2.75) is 31.3 Å². The van der Waals surface area contributed by atoms with E-state index >= 15 is 0 Å². The first-order chi connectivity index (χ1) is 9.66. The van der Waals surface area contributed by atoms with E-state index in [0.717, 1.165) is 29.7 Å². The van der Waals surface area contributed by atoms with Crippen molar-refractivity contribution in [2.24, 2.45) is 0 Å². The van der Waals surface area contributed by atoms with Crippen molar-refractivity contribution in [3.63, 3.8) is 0 Å². The first-order valence-corrected chi connectivity index (χ1v) is 7.56. The number of hydrogen-bond donors (Lipinski definition) is 2. The number of urea groups is 1. The molecule has 1 aliphatic carbocycles. The van der Waals surface area contributed by atoms with Crippen LogP contribution in [-0.4, -0.2) is 34.6 Å². The molecule has 0 bridgehead atoms. The van der Waals surface area contributed by atoms with E-state index in [2.05, 4.69) is 5.32 Å². The maximum absolute atomic E-state index is 12.3. The van der Waals surface area contributed by atoms with E-state index in [4.69, 9.17) is 0 Å². The summed E-state index contributed by atoms with van der Waals surface area (Å²) in [5.74, 6) is -0.968. The molecule has 1 atom stereocenters. The van der Waals surface area contributed by atoms with Gasteiger partial charge in [0.05, 0.1) is 0 Å². The number of carbonyl (C=O) groups excluding carboxylic acids is 1. The molecule has 1 aromatic rings. The van der Waals surface area contributed by atoms with Crippen LogP contribution >= 0.6 is 11.3 Å². The Hall–Kier alpha value is -1.82. The van der Waals surface area contributed by atoms with E-state index in [1.165, 1.54) is 4.90 Å². The van der Waals surface area contributed by atoms with Gasteiger partial charge in [-0.25, -0.2) is 9.59 Å². The molecule has 0 radical (unpaired) electrons. The molecule has 1 aromatic heterocycles. The highest BCUT2D eigenvalue weighted by Gasteiger charge is 2.37. The largest absolute Gasteiger partial charge is 0.479 e. The van der Waals surface area contributed by atoms with Gasteiger partial charge in [0.1, 0.15) is 0 Å². The lowest BCUT2D eigenvalue weighted by Crippen LogP contribution is -2.50. The number of thiophene rings is 1. The molecule has 1 aliphatic heterocycles. The quantitative estimate of drug-likeness (QED) is 0.821. The average Bonchev–Trinajstić information content (AvgIpc) is 3.06. The number of carboxylic acids is 1. The molecule has 20 heavy (non-hydrogen) atoms. The molecule has 0 aromatic carbocycles. The fourth-order valence-corrected chi connectivity index (χ4v) is 3.70. The van der Waals surface area contributed by atoms with Crippen LogP contribution < -0.4 is 5.32 Å². The first kappa shape index (κ1) is 13.2. The molecule has 0 spiro atoms. The zero-order valence-electron chi connectivity index (χ0n) is 10.9. The monoisotopic (exact) mass is 292 g/mol. The molecule has 0 saturated heterocycles. The summed E-state index contributed by atoms with van der Waals surface area (Å²) in [4.78, 5) is 26.4. The molecule has 0 fully saturated rings. The summed E-state index contributed by atoms with van der Waals surface area (Å²) >= 11 is 1.56. The normalized spacial score (nSPS) is 21.8. The summed E-state index contributed by atoms with van der Waals surface area (Å²) in [6, 6.07) is 0.776. The average molecular weight is 292 g/mol. The van der Waals surface area contributed by atoms with Gasteiger partial charge in [-0.15, -0.1) is 11.3 Å². The van der Waals surface area contributed by atoms with Crippen LogP contribution in [0, 0.1) is 0 Å². The topological polar surface area (TPSA) is 69.6 Å². The Morgan fingerprint density at radius 1 is 1.35 bits per heavy atom. The lowest BCUT2D eigenvalue weighted by molar-refractivity contribution is -0.142. The smallest absolute Gasteiger partial charge is 0.331 e. The van der Waals surface area contributed by atoms with Crippen LogP contribution in [-0.2, 0) is 11.2 Å². The minimum absolute atomic E-state index is 0.0980. The number of carboxylic acid groups (broad SMARTS) is 1. The van der Waals surface area contributed by atoms with Gasteiger partial charge in [0.15, 0.2) is 6.04 Å². The number of hydrogen-bond acceptors (Lipinski definition) is 3. The van der Waals surface area contributed by atoms with Crippen LogP contribution in [0.4, 0.5) is 4.79 Å². The van der Waals surface area contributed by atoms with Crippen LogP contribution in [0.5, 0.6) is 0 Å². The van der Waals surface area contributed by atoms with E-state index < -0.39 is 12.0 Å². The highest BCUT2D eigenvalue weighted by molar-refractivity contribution is 7.10. The molecule has 2 aliphatic rings. The van der Waals surface area contributed by atoms with Gasteiger partial charge in [0, 0.05) is 17.5 Å². The van der Waals surface area contributed by atoms with Gasteiger partial charge in [-0.05, 0) is 36.3 Å². The molecule has 2 heterocycles. The summed E-state index contributed by atoms with van der Waals surface area (Å²) in [5, 5.41) is 14.3. The first-order valence-electron chi connectivity index (χ1n) is 6.68. The van der Waals surface area contributed by atoms with Gasteiger partial charge < -0.3 is 15.3 Å². The van der Waals surface area contributed by atoms with Crippen LogP contribution in [0.15, 0.2) is 23.6 Å². The number of amides is 2. The van der Waals surface area contributed by atoms with E-state index in [0.29, 0.717) is 6.54 Å². The van der Waals surface area contributed by atoms with Crippen molar-refractivity contribution in [1.82, 2.24) is 10.2 Å². The fraction of sp³-hybridized carbons (Fsp3) is 0.429. The number of fused-ring (bicyclic) bond motifs is 1. The SMILES string of the molecule is O=C(O)C1c2ccsc2CCN1C(=O)NC1CC=CC1. The van der Waals surface area contributed by atoms with E-state index in [9.17, 15) is 14.7 Å². The lowest BCUT2D eigenvalue weighted by Gasteiger charge is -2.34. The third kappa shape index (κ3) is 2.31. The van der Waals surface area contributed by atoms with Gasteiger partial charge in [-0.1, -0.05) is 12.2 Å². The zero-order chi connectivity index (χ0) is 14.1. The second-order valence-corrected chi connectivity index (χ2v) is 6.07. The minimum Gasteiger partial charge on any atom is -0.479 e. The predicted molar refractivity (Wildman–Crippen MR) is 75.8 cm³/mol. The Balaban J connectivity index is 1.78. The van der Waals surface area contributed by atoms with Gasteiger partial charge in [0.2, 0.25) is 0 Å².